The van der Waals surface area contributed by atoms with E-state index in [2.05, 4.69) is 0 Å². The van der Waals surface area contributed by atoms with Crippen LogP contribution in [0.4, 0.5) is 0 Å². The van der Waals surface area contributed by atoms with Gasteiger partial charge in [0.2, 0.25) is 0 Å². The molecule has 1 aliphatic carbocycles. The van der Waals surface area contributed by atoms with Crippen molar-refractivity contribution in [3.05, 3.63) is 6.61 Å². The molecule has 0 atom stereocenters. The Labute approximate surface area is 83.8 Å². The smallest absolute Gasteiger partial charge is 0 e. The van der Waals surface area contributed by atoms with E-state index in [0.717, 1.165) is 0 Å². The van der Waals surface area contributed by atoms with Crippen LogP contribution in [-0.2, 0) is 0 Å². The van der Waals surface area contributed by atoms with E-state index >= 15 is 0 Å². The van der Waals surface area contributed by atoms with Gasteiger partial charge in [0.15, 0.2) is 0 Å². The second-order valence-corrected chi connectivity index (χ2v) is 2.19. The molecule has 1 aliphatic rings. The Morgan fingerprint density at radius 2 is 1.75 bits per heavy atom. The van der Waals surface area contributed by atoms with Crippen molar-refractivity contribution in [3.8, 4) is 0 Å². The predicted octanol–water partition coefficient (Wildman–Crippen LogP) is 1.71. The minimum absolute atomic E-state index is 0. The van der Waals surface area contributed by atoms with Gasteiger partial charge < -0.3 is 5.11 Å². The van der Waals surface area contributed by atoms with E-state index in [1.807, 2.05) is 0 Å². The third-order valence-electron chi connectivity index (χ3n) is 1.61. The van der Waals surface area contributed by atoms with Gasteiger partial charge in [-0.2, -0.15) is 0 Å². The summed E-state index contributed by atoms with van der Waals surface area (Å²) in [7, 11) is 0. The van der Waals surface area contributed by atoms with Gasteiger partial charge in [-0.3, -0.25) is 0 Å². The van der Waals surface area contributed by atoms with Gasteiger partial charge in [0.1, 0.15) is 0 Å². The summed E-state index contributed by atoms with van der Waals surface area (Å²) in [6.07, 6.45) is 5.02. The minimum atomic E-state index is 0. The van der Waals surface area contributed by atoms with Crippen LogP contribution >= 0.6 is 0 Å². The first kappa shape index (κ1) is 9.32. The molecule has 45 valence electrons. The van der Waals surface area contributed by atoms with Gasteiger partial charge >= 0.3 is 0 Å². The molecule has 0 aromatic rings. The molecule has 0 aliphatic heterocycles. The molecule has 0 aromatic carbocycles. The summed E-state index contributed by atoms with van der Waals surface area (Å²) in [6.45, 7) is 1.34. The van der Waals surface area contributed by atoms with Gasteiger partial charge in [0.05, 0.1) is 0 Å². The van der Waals surface area contributed by atoms with Crippen molar-refractivity contribution in [2.24, 2.45) is 5.92 Å². The van der Waals surface area contributed by atoms with Crippen LogP contribution in [0.3, 0.4) is 0 Å². The zero-order chi connectivity index (χ0) is 5.11. The van der Waals surface area contributed by atoms with E-state index < -0.39 is 0 Å². The van der Waals surface area contributed by atoms with Gasteiger partial charge in [-0.1, -0.05) is 25.7 Å². The van der Waals surface area contributed by atoms with Crippen LogP contribution in [0.1, 0.15) is 25.7 Å². The van der Waals surface area contributed by atoms with Crippen LogP contribution in [0.25, 0.3) is 0 Å². The van der Waals surface area contributed by atoms with Crippen molar-refractivity contribution >= 4 is 0 Å². The summed E-state index contributed by atoms with van der Waals surface area (Å²) in [5.41, 5.74) is 0. The van der Waals surface area contributed by atoms with Crippen LogP contribution in [0, 0.1) is 53.8 Å². The zero-order valence-electron chi connectivity index (χ0n) is 5.01. The van der Waals surface area contributed by atoms with Gasteiger partial charge in [-0.05, 0) is 0 Å². The fraction of sp³-hybridized carbons (Fsp3) is 0.833. The third kappa shape index (κ3) is 2.75. The Kier molecular flexibility index (Phi) is 5.99. The summed E-state index contributed by atoms with van der Waals surface area (Å²) in [5.74, 6) is 0.528. The van der Waals surface area contributed by atoms with Crippen LogP contribution in [0.5, 0.6) is 0 Å². The van der Waals surface area contributed by atoms with Crippen molar-refractivity contribution in [2.75, 3.05) is 0 Å². The van der Waals surface area contributed by atoms with Crippen molar-refractivity contribution in [1.82, 2.24) is 0 Å². The summed E-state index contributed by atoms with van der Waals surface area (Å²) >= 11 is 0. The van der Waals surface area contributed by atoms with Crippen molar-refractivity contribution < 1.29 is 46.4 Å². The largest absolute Gasteiger partial charge is 0.566 e. The molecule has 0 heterocycles. The Hall–Kier alpha value is 1.32. The number of hydrogen-bond acceptors (Lipinski definition) is 1. The molecular weight excluding hydrogens is 229 g/mol. The monoisotopic (exact) mass is 240 g/mol. The maximum Gasteiger partial charge on any atom is 0 e. The molecule has 1 fully saturated rings. The van der Waals surface area contributed by atoms with Crippen LogP contribution in [-0.4, -0.2) is 5.11 Å². The molecule has 0 amide bonds. The molecule has 0 spiro atoms. The van der Waals surface area contributed by atoms with Gasteiger partial charge in [0.25, 0.3) is 0 Å². The quantitative estimate of drug-likeness (QED) is 0.692. The second-order valence-electron chi connectivity index (χ2n) is 2.19. The molecule has 1 saturated carbocycles. The summed E-state index contributed by atoms with van der Waals surface area (Å²) in [6, 6.07) is 0. The average molecular weight is 240 g/mol. The molecule has 1 radical (unpaired) electrons. The Balaban J connectivity index is 0.000000490. The summed E-state index contributed by atoms with van der Waals surface area (Å²) < 4.78 is 0. The third-order valence-corrected chi connectivity index (χ3v) is 1.61. The first-order valence-electron chi connectivity index (χ1n) is 2.91. The van der Waals surface area contributed by atoms with Crippen LogP contribution in [0.15, 0.2) is 0 Å². The topological polar surface area (TPSA) is 20.2 Å². The maximum atomic E-state index is 8.44. The zero-order valence-corrected chi connectivity index (χ0v) is 8.71. The van der Waals surface area contributed by atoms with E-state index in [-0.39, 0.29) is 41.3 Å². The van der Waals surface area contributed by atoms with Crippen LogP contribution in [0.2, 0.25) is 0 Å². The summed E-state index contributed by atoms with van der Waals surface area (Å²) in [4.78, 5) is 0. The Morgan fingerprint density at radius 3 is 2.00 bits per heavy atom. The van der Waals surface area contributed by atoms with Crippen molar-refractivity contribution in [3.63, 3.8) is 0 Å². The first-order valence-corrected chi connectivity index (χ1v) is 2.91. The Bertz CT molecular complexity index is 50.5. The van der Waals surface area contributed by atoms with E-state index in [9.17, 15) is 0 Å². The standard InChI is InChI=1S/C6H11O.Pr/c7-5-6-3-1-2-4-6;/h5-7H,1-4H2;/q-1;. The first-order chi connectivity index (χ1) is 3.43. The van der Waals surface area contributed by atoms with Crippen LogP contribution < -0.4 is 0 Å². The van der Waals surface area contributed by atoms with Gasteiger partial charge in [-0.15, -0.1) is 5.92 Å². The van der Waals surface area contributed by atoms with Gasteiger partial charge in [0, 0.05) is 41.3 Å². The molecule has 0 saturated heterocycles. The van der Waals surface area contributed by atoms with Crippen molar-refractivity contribution in [2.45, 2.75) is 25.7 Å². The molecule has 8 heavy (non-hydrogen) atoms. The second kappa shape index (κ2) is 5.14. The van der Waals surface area contributed by atoms with Gasteiger partial charge in [-0.25, -0.2) is 6.61 Å². The average Bonchev–Trinajstić information content (AvgIpc) is 2.14. The normalized spacial score (nSPS) is 20.6. The fourth-order valence-corrected chi connectivity index (χ4v) is 1.11. The molecule has 0 bridgehead atoms. The molecule has 1 N–H and O–H groups in total. The van der Waals surface area contributed by atoms with Crippen molar-refractivity contribution in [1.29, 1.82) is 0 Å². The minimum Gasteiger partial charge on any atom is -0.566 e. The molecule has 0 unspecified atom stereocenters. The van der Waals surface area contributed by atoms with E-state index in [1.54, 1.807) is 0 Å². The number of hydrogen-bond donors (Lipinski definition) is 1. The molecular formula is C6H11OPr-. The molecule has 1 nitrogen and oxygen atoms in total. The predicted molar refractivity (Wildman–Crippen MR) is 28.2 cm³/mol. The van der Waals surface area contributed by atoms with E-state index in [0.29, 0.717) is 5.92 Å². The Morgan fingerprint density at radius 1 is 1.25 bits per heavy atom. The molecule has 0 aromatic heterocycles. The van der Waals surface area contributed by atoms with E-state index in [4.69, 9.17) is 5.11 Å². The maximum absolute atomic E-state index is 8.44. The molecule has 1 rings (SSSR count). The number of rotatable bonds is 1. The SMILES string of the molecule is O[CH-]C1CCCC1.[Pr]. The molecule has 2 heteroatoms. The summed E-state index contributed by atoms with van der Waals surface area (Å²) in [5, 5.41) is 8.44. The fourth-order valence-electron chi connectivity index (χ4n) is 1.11. The number of aliphatic hydroxyl groups is 1. The number of aliphatic hydroxyl groups excluding tert-OH is 1. The van der Waals surface area contributed by atoms with E-state index in [1.165, 1.54) is 32.3 Å².